The van der Waals surface area contributed by atoms with E-state index in [-0.39, 0.29) is 28.4 Å². The number of nitrogens with zero attached hydrogens (tertiary/aromatic N) is 5. The van der Waals surface area contributed by atoms with Gasteiger partial charge in [0.05, 0.1) is 5.69 Å². The van der Waals surface area contributed by atoms with Crippen LogP contribution in [0, 0.1) is 0 Å². The predicted octanol–water partition coefficient (Wildman–Crippen LogP) is 2.24. The second-order valence-electron chi connectivity index (χ2n) is 5.62. The monoisotopic (exact) mass is 405 g/mol. The van der Waals surface area contributed by atoms with Gasteiger partial charge in [-0.2, -0.15) is 5.10 Å². The van der Waals surface area contributed by atoms with Crippen LogP contribution >= 0.6 is 0 Å². The van der Waals surface area contributed by atoms with Crippen molar-refractivity contribution in [2.45, 2.75) is 6.36 Å². The summed E-state index contributed by atoms with van der Waals surface area (Å²) in [5.41, 5.74) is 5.63. The van der Waals surface area contributed by atoms with Crippen molar-refractivity contribution in [2.24, 2.45) is 0 Å². The Morgan fingerprint density at radius 2 is 2.03 bits per heavy atom. The molecule has 0 aliphatic carbocycles. The number of fused-ring (bicyclic) bond motifs is 1. The van der Waals surface area contributed by atoms with Crippen LogP contribution in [0.15, 0.2) is 42.7 Å². The number of carbonyl (C=O) groups is 1. The van der Waals surface area contributed by atoms with E-state index in [0.717, 1.165) is 12.1 Å². The number of esters is 1. The molecule has 0 amide bonds. The highest BCUT2D eigenvalue weighted by Gasteiger charge is 2.33. The number of nitrogens with two attached hydrogens (primary N) is 1. The molecule has 0 unspecified atom stereocenters. The molecule has 3 N–H and O–H groups in total. The lowest BCUT2D eigenvalue weighted by Gasteiger charge is -2.14. The molecule has 0 spiro atoms. The summed E-state index contributed by atoms with van der Waals surface area (Å²) in [6.45, 7) is 0. The van der Waals surface area contributed by atoms with Gasteiger partial charge in [-0.05, 0) is 18.2 Å². The third-order valence-corrected chi connectivity index (χ3v) is 3.67. The molecule has 1 aromatic carbocycles. The normalized spacial score (nSPS) is 11.6. The molecule has 0 saturated carbocycles. The summed E-state index contributed by atoms with van der Waals surface area (Å²) >= 11 is 0. The Bertz CT molecular complexity index is 1190. The quantitative estimate of drug-likeness (QED) is 0.494. The van der Waals surface area contributed by atoms with Crippen LogP contribution in [0.3, 0.4) is 0 Å². The zero-order valence-electron chi connectivity index (χ0n) is 14.2. The van der Waals surface area contributed by atoms with Crippen molar-refractivity contribution in [1.82, 2.24) is 30.2 Å². The van der Waals surface area contributed by atoms with Crippen molar-refractivity contribution < 1.29 is 27.4 Å². The van der Waals surface area contributed by atoms with Gasteiger partial charge in [-0.15, -0.1) is 18.3 Å². The molecule has 3 heterocycles. The summed E-state index contributed by atoms with van der Waals surface area (Å²) in [5, 5.41) is 13.6. The van der Waals surface area contributed by atoms with Gasteiger partial charge in [-0.3, -0.25) is 0 Å². The maximum atomic E-state index is 12.9. The Morgan fingerprint density at radius 3 is 2.76 bits per heavy atom. The first-order valence-electron chi connectivity index (χ1n) is 7.89. The molecule has 4 rings (SSSR count). The van der Waals surface area contributed by atoms with Gasteiger partial charge >= 0.3 is 12.3 Å². The van der Waals surface area contributed by atoms with Gasteiger partial charge in [-0.25, -0.2) is 19.6 Å². The number of H-pyrrole nitrogens is 1. The Balaban J connectivity index is 1.72. The Kier molecular flexibility index (Phi) is 4.26. The van der Waals surface area contributed by atoms with E-state index in [2.05, 4.69) is 30.2 Å². The van der Waals surface area contributed by atoms with Crippen molar-refractivity contribution in [1.29, 1.82) is 0 Å². The van der Waals surface area contributed by atoms with Crippen molar-refractivity contribution in [3.63, 3.8) is 0 Å². The molecule has 0 aliphatic heterocycles. The van der Waals surface area contributed by atoms with Crippen molar-refractivity contribution in [3.8, 4) is 17.2 Å². The van der Waals surface area contributed by atoms with Crippen LogP contribution in [-0.4, -0.2) is 42.5 Å². The van der Waals surface area contributed by atoms with Gasteiger partial charge in [0, 0.05) is 24.5 Å². The van der Waals surface area contributed by atoms with Crippen LogP contribution < -0.4 is 15.2 Å². The van der Waals surface area contributed by atoms with Gasteiger partial charge in [0.15, 0.2) is 16.9 Å². The van der Waals surface area contributed by atoms with E-state index in [1.807, 2.05) is 0 Å². The fourth-order valence-electron chi connectivity index (χ4n) is 2.52. The molecule has 29 heavy (non-hydrogen) atoms. The number of aromatic nitrogens is 6. The summed E-state index contributed by atoms with van der Waals surface area (Å²) in [6.07, 6.45) is -2.06. The smallest absolute Gasteiger partial charge is 0.420 e. The zero-order valence-corrected chi connectivity index (χ0v) is 14.2. The second kappa shape index (κ2) is 6.78. The highest BCUT2D eigenvalue weighted by molar-refractivity contribution is 5.96. The highest BCUT2D eigenvalue weighted by Crippen LogP contribution is 2.31. The second-order valence-corrected chi connectivity index (χ2v) is 5.62. The Hall–Kier alpha value is -4.16. The molecule has 0 atom stereocenters. The first-order valence-corrected chi connectivity index (χ1v) is 7.89. The van der Waals surface area contributed by atoms with Crippen LogP contribution in [0.2, 0.25) is 0 Å². The number of aromatic amines is 1. The topological polar surface area (TPSA) is 134 Å². The first-order chi connectivity index (χ1) is 13.8. The number of carbonyl (C=O) groups excluding carboxylic acids is 1. The fraction of sp³-hybridized carbons (Fsp3) is 0.0625. The maximum Gasteiger partial charge on any atom is 0.573 e. The van der Waals surface area contributed by atoms with Crippen molar-refractivity contribution in [2.75, 3.05) is 5.73 Å². The molecular formula is C16H10F3N7O3. The largest absolute Gasteiger partial charge is 0.573 e. The van der Waals surface area contributed by atoms with Gasteiger partial charge in [-0.1, -0.05) is 5.21 Å². The number of nitrogens with one attached hydrogen (secondary N) is 1. The number of anilines is 1. The molecule has 0 bridgehead atoms. The van der Waals surface area contributed by atoms with E-state index in [9.17, 15) is 18.0 Å². The minimum atomic E-state index is -5.03. The fourth-order valence-corrected chi connectivity index (χ4v) is 2.52. The molecular weight excluding hydrogens is 395 g/mol. The number of halogens is 3. The van der Waals surface area contributed by atoms with Crippen LogP contribution in [-0.2, 0) is 0 Å². The van der Waals surface area contributed by atoms with Crippen LogP contribution in [0.5, 0.6) is 11.5 Å². The van der Waals surface area contributed by atoms with E-state index in [1.54, 1.807) is 6.07 Å². The molecule has 10 nitrogen and oxygen atoms in total. The molecule has 0 fully saturated rings. The third kappa shape index (κ3) is 3.78. The molecule has 13 heteroatoms. The number of benzene rings is 1. The van der Waals surface area contributed by atoms with E-state index in [0.29, 0.717) is 0 Å². The highest BCUT2D eigenvalue weighted by atomic mass is 19.4. The third-order valence-electron chi connectivity index (χ3n) is 3.67. The molecule has 0 aliphatic rings. The molecule has 0 radical (unpaired) electrons. The standard InChI is InChI=1S/C16H10F3N7O3/c17-16(18,19)29-10-6-8(26-5-1-4-21-26)2-3-9(10)15(27)28-11-7-12(20)22-14-13(11)23-25-24-14/h1-7H,(H3,20,22,23,24,25). The molecule has 148 valence electrons. The number of pyridine rings is 1. The zero-order chi connectivity index (χ0) is 20.6. The Morgan fingerprint density at radius 1 is 1.21 bits per heavy atom. The molecule has 3 aromatic heterocycles. The van der Waals surface area contributed by atoms with Gasteiger partial charge in [0.25, 0.3) is 0 Å². The van der Waals surface area contributed by atoms with E-state index < -0.39 is 23.6 Å². The number of alkyl halides is 3. The summed E-state index contributed by atoms with van der Waals surface area (Å²) in [7, 11) is 0. The Labute approximate surface area is 159 Å². The van der Waals surface area contributed by atoms with Gasteiger partial charge < -0.3 is 15.2 Å². The first kappa shape index (κ1) is 18.2. The average molecular weight is 405 g/mol. The predicted molar refractivity (Wildman–Crippen MR) is 91.3 cm³/mol. The summed E-state index contributed by atoms with van der Waals surface area (Å²) in [4.78, 5) is 16.5. The van der Waals surface area contributed by atoms with Gasteiger partial charge in [0.1, 0.15) is 17.1 Å². The minimum Gasteiger partial charge on any atom is -0.420 e. The van der Waals surface area contributed by atoms with Crippen LogP contribution in [0.1, 0.15) is 10.4 Å². The maximum absolute atomic E-state index is 12.9. The van der Waals surface area contributed by atoms with E-state index in [4.69, 9.17) is 10.5 Å². The van der Waals surface area contributed by atoms with Gasteiger partial charge in [0.2, 0.25) is 0 Å². The lowest BCUT2D eigenvalue weighted by molar-refractivity contribution is -0.274. The minimum absolute atomic E-state index is 0.00727. The number of rotatable bonds is 4. The lowest BCUT2D eigenvalue weighted by atomic mass is 10.2. The number of hydrogen-bond donors (Lipinski definition) is 2. The lowest BCUT2D eigenvalue weighted by Crippen LogP contribution is -2.20. The molecule has 0 saturated heterocycles. The van der Waals surface area contributed by atoms with Crippen molar-refractivity contribution >= 4 is 23.0 Å². The van der Waals surface area contributed by atoms with E-state index >= 15 is 0 Å². The number of nitrogen functional groups attached to an aromatic ring is 1. The van der Waals surface area contributed by atoms with Crippen molar-refractivity contribution in [3.05, 3.63) is 48.3 Å². The summed E-state index contributed by atoms with van der Waals surface area (Å²) < 4.78 is 49.1. The number of hydrogen-bond acceptors (Lipinski definition) is 8. The van der Waals surface area contributed by atoms with Crippen LogP contribution in [0.25, 0.3) is 16.9 Å². The molecule has 4 aromatic rings. The number of ether oxygens (including phenoxy) is 2. The average Bonchev–Trinajstić information content (AvgIpc) is 3.31. The van der Waals surface area contributed by atoms with E-state index in [1.165, 1.54) is 29.2 Å². The summed E-state index contributed by atoms with van der Waals surface area (Å²) in [6, 6.07) is 6.32. The summed E-state index contributed by atoms with van der Waals surface area (Å²) in [5.74, 6) is -2.01. The van der Waals surface area contributed by atoms with Crippen LogP contribution in [0.4, 0.5) is 19.0 Å². The SMILES string of the molecule is Nc1cc(OC(=O)c2ccc(-n3cccn3)cc2OC(F)(F)F)c2nn[nH]c2n1.